The molecule has 0 spiro atoms. The zero-order valence-electron chi connectivity index (χ0n) is 8.90. The summed E-state index contributed by atoms with van der Waals surface area (Å²) < 4.78 is 0. The van der Waals surface area contributed by atoms with Crippen LogP contribution < -0.4 is 0 Å². The first-order chi connectivity index (χ1) is 7.70. The molecule has 0 aliphatic carbocycles. The Labute approximate surface area is 99.6 Å². The highest BCUT2D eigenvalue weighted by molar-refractivity contribution is 6.17. The molecule has 1 N–H and O–H groups in total. The summed E-state index contributed by atoms with van der Waals surface area (Å²) in [6.07, 6.45) is 0.303. The Morgan fingerprint density at radius 3 is 2.62 bits per heavy atom. The Morgan fingerprint density at radius 2 is 2.12 bits per heavy atom. The van der Waals surface area contributed by atoms with E-state index in [-0.39, 0.29) is 12.0 Å². The fraction of sp³-hybridized carbons (Fsp3) is 0.417. The number of aliphatic hydroxyl groups excluding tert-OH is 1. The summed E-state index contributed by atoms with van der Waals surface area (Å²) in [6.45, 7) is 1.08. The largest absolute Gasteiger partial charge is 0.391 e. The molecule has 1 unspecified atom stereocenters. The van der Waals surface area contributed by atoms with Gasteiger partial charge in [0.15, 0.2) is 0 Å². The summed E-state index contributed by atoms with van der Waals surface area (Å²) in [5, 5.41) is 9.37. The maximum Gasteiger partial charge on any atom is 0.253 e. The number of amides is 1. The average molecular weight is 240 g/mol. The van der Waals surface area contributed by atoms with E-state index in [9.17, 15) is 9.90 Å². The number of β-amino-alcohol motifs (C(OH)–C–C–N with tert-alkyl or cyclic N) is 1. The molecule has 1 atom stereocenters. The number of likely N-dealkylation sites (tertiary alicyclic amines) is 1. The zero-order chi connectivity index (χ0) is 11.5. The molecule has 1 fully saturated rings. The van der Waals surface area contributed by atoms with Crippen molar-refractivity contribution in [3.05, 3.63) is 35.4 Å². The monoisotopic (exact) mass is 239 g/mol. The highest BCUT2D eigenvalue weighted by Crippen LogP contribution is 2.14. The van der Waals surface area contributed by atoms with Gasteiger partial charge in [0, 0.05) is 24.5 Å². The van der Waals surface area contributed by atoms with Crippen molar-refractivity contribution in [2.24, 2.45) is 0 Å². The third kappa shape index (κ3) is 2.36. The lowest BCUT2D eigenvalue weighted by Gasteiger charge is -2.15. The number of carbonyl (C=O) groups is 1. The predicted molar refractivity (Wildman–Crippen MR) is 62.5 cm³/mol. The molecule has 1 amide bonds. The second-order valence-corrected chi connectivity index (χ2v) is 4.29. The molecule has 0 radical (unpaired) electrons. The van der Waals surface area contributed by atoms with Crippen molar-refractivity contribution in [1.29, 1.82) is 0 Å². The fourth-order valence-corrected chi connectivity index (χ4v) is 2.02. The van der Waals surface area contributed by atoms with Crippen molar-refractivity contribution < 1.29 is 9.90 Å². The topological polar surface area (TPSA) is 40.5 Å². The molecule has 3 nitrogen and oxygen atoms in total. The van der Waals surface area contributed by atoms with Gasteiger partial charge in [-0.3, -0.25) is 4.79 Å². The number of halogens is 1. The van der Waals surface area contributed by atoms with Gasteiger partial charge in [-0.25, -0.2) is 0 Å². The summed E-state index contributed by atoms with van der Waals surface area (Å²) in [5.41, 5.74) is 1.66. The quantitative estimate of drug-likeness (QED) is 0.797. The highest BCUT2D eigenvalue weighted by atomic mass is 35.5. The van der Waals surface area contributed by atoms with Gasteiger partial charge < -0.3 is 10.0 Å². The number of aliphatic hydroxyl groups is 1. The van der Waals surface area contributed by atoms with Crippen LogP contribution in [0.3, 0.4) is 0 Å². The third-order valence-corrected chi connectivity index (χ3v) is 3.11. The van der Waals surface area contributed by atoms with Gasteiger partial charge in [0.05, 0.1) is 6.10 Å². The highest BCUT2D eigenvalue weighted by Gasteiger charge is 2.25. The van der Waals surface area contributed by atoms with Gasteiger partial charge in [0.2, 0.25) is 0 Å². The van der Waals surface area contributed by atoms with E-state index in [1.54, 1.807) is 17.0 Å². The van der Waals surface area contributed by atoms with Crippen LogP contribution in [0.2, 0.25) is 0 Å². The van der Waals surface area contributed by atoms with Gasteiger partial charge in [0.25, 0.3) is 5.91 Å². The second kappa shape index (κ2) is 4.85. The molecule has 1 aliphatic heterocycles. The molecule has 0 aromatic heterocycles. The standard InChI is InChI=1S/C12H14ClNO2/c13-7-9-1-3-10(4-2-9)12(16)14-6-5-11(15)8-14/h1-4,11,15H,5-8H2. The molecule has 16 heavy (non-hydrogen) atoms. The minimum absolute atomic E-state index is 0.0160. The Hall–Kier alpha value is -1.06. The molecule has 86 valence electrons. The average Bonchev–Trinajstić information content (AvgIpc) is 2.75. The number of hydrogen-bond donors (Lipinski definition) is 1. The molecule has 2 rings (SSSR count). The van der Waals surface area contributed by atoms with Gasteiger partial charge in [0.1, 0.15) is 0 Å². The fourth-order valence-electron chi connectivity index (χ4n) is 1.85. The first-order valence-corrected chi connectivity index (χ1v) is 5.86. The molecule has 1 aliphatic rings. The van der Waals surface area contributed by atoms with Crippen LogP contribution >= 0.6 is 11.6 Å². The van der Waals surface area contributed by atoms with Gasteiger partial charge >= 0.3 is 0 Å². The maximum atomic E-state index is 12.0. The SMILES string of the molecule is O=C(c1ccc(CCl)cc1)N1CCC(O)C1. The van der Waals surface area contributed by atoms with E-state index in [1.807, 2.05) is 12.1 Å². The van der Waals surface area contributed by atoms with E-state index in [4.69, 9.17) is 11.6 Å². The van der Waals surface area contributed by atoms with Crippen LogP contribution in [0.4, 0.5) is 0 Å². The van der Waals surface area contributed by atoms with Crippen LogP contribution in [0, 0.1) is 0 Å². The van der Waals surface area contributed by atoms with Crippen molar-refractivity contribution in [3.8, 4) is 0 Å². The Morgan fingerprint density at radius 1 is 1.44 bits per heavy atom. The summed E-state index contributed by atoms with van der Waals surface area (Å²) in [6, 6.07) is 7.27. The lowest BCUT2D eigenvalue weighted by atomic mass is 10.1. The Bertz CT molecular complexity index is 377. The predicted octanol–water partition coefficient (Wildman–Crippen LogP) is 1.63. The summed E-state index contributed by atoms with van der Waals surface area (Å²) in [5.74, 6) is 0.439. The minimum Gasteiger partial charge on any atom is -0.391 e. The number of hydrogen-bond acceptors (Lipinski definition) is 2. The number of rotatable bonds is 2. The molecule has 1 heterocycles. The third-order valence-electron chi connectivity index (χ3n) is 2.81. The van der Waals surface area contributed by atoms with Crippen LogP contribution in [-0.4, -0.2) is 35.1 Å². The van der Waals surface area contributed by atoms with Crippen LogP contribution in [0.1, 0.15) is 22.3 Å². The summed E-state index contributed by atoms with van der Waals surface area (Å²) in [4.78, 5) is 13.7. The molecule has 1 aromatic rings. The lowest BCUT2D eigenvalue weighted by molar-refractivity contribution is 0.0765. The molecule has 1 aromatic carbocycles. The van der Waals surface area contributed by atoms with Crippen molar-refractivity contribution in [3.63, 3.8) is 0 Å². The van der Waals surface area contributed by atoms with E-state index in [1.165, 1.54) is 0 Å². The smallest absolute Gasteiger partial charge is 0.253 e. The van der Waals surface area contributed by atoms with Crippen molar-refractivity contribution in [2.45, 2.75) is 18.4 Å². The molecule has 0 bridgehead atoms. The zero-order valence-corrected chi connectivity index (χ0v) is 9.65. The maximum absolute atomic E-state index is 12.0. The molecule has 1 saturated heterocycles. The van der Waals surface area contributed by atoms with Gasteiger partial charge in [-0.15, -0.1) is 11.6 Å². The van der Waals surface area contributed by atoms with E-state index >= 15 is 0 Å². The van der Waals surface area contributed by atoms with E-state index < -0.39 is 0 Å². The molecular weight excluding hydrogens is 226 g/mol. The Kier molecular flexibility index (Phi) is 3.46. The number of carbonyl (C=O) groups excluding carboxylic acids is 1. The van der Waals surface area contributed by atoms with Crippen molar-refractivity contribution >= 4 is 17.5 Å². The van der Waals surface area contributed by atoms with E-state index in [0.29, 0.717) is 31.0 Å². The molecule has 4 heteroatoms. The molecule has 0 saturated carbocycles. The molecular formula is C12H14ClNO2. The number of benzene rings is 1. The van der Waals surface area contributed by atoms with E-state index in [2.05, 4.69) is 0 Å². The van der Waals surface area contributed by atoms with E-state index in [0.717, 1.165) is 5.56 Å². The lowest BCUT2D eigenvalue weighted by Crippen LogP contribution is -2.29. The van der Waals surface area contributed by atoms with Crippen LogP contribution in [0.25, 0.3) is 0 Å². The van der Waals surface area contributed by atoms with Crippen LogP contribution in [-0.2, 0) is 5.88 Å². The van der Waals surface area contributed by atoms with Gasteiger partial charge in [-0.05, 0) is 24.1 Å². The van der Waals surface area contributed by atoms with Crippen molar-refractivity contribution in [2.75, 3.05) is 13.1 Å². The van der Waals surface area contributed by atoms with Crippen LogP contribution in [0.5, 0.6) is 0 Å². The first-order valence-electron chi connectivity index (χ1n) is 5.33. The first kappa shape index (κ1) is 11.4. The Balaban J connectivity index is 2.08. The summed E-state index contributed by atoms with van der Waals surface area (Å²) in [7, 11) is 0. The summed E-state index contributed by atoms with van der Waals surface area (Å²) >= 11 is 5.68. The normalized spacial score (nSPS) is 20.1. The van der Waals surface area contributed by atoms with Crippen LogP contribution in [0.15, 0.2) is 24.3 Å². The number of nitrogens with zero attached hydrogens (tertiary/aromatic N) is 1. The van der Waals surface area contributed by atoms with Gasteiger partial charge in [-0.1, -0.05) is 12.1 Å². The van der Waals surface area contributed by atoms with Gasteiger partial charge in [-0.2, -0.15) is 0 Å². The second-order valence-electron chi connectivity index (χ2n) is 4.02. The minimum atomic E-state index is -0.369. The van der Waals surface area contributed by atoms with Crippen molar-refractivity contribution in [1.82, 2.24) is 4.90 Å². The number of alkyl halides is 1.